The van der Waals surface area contributed by atoms with Crippen LogP contribution < -0.4 is 10.2 Å². The van der Waals surface area contributed by atoms with Crippen LogP contribution in [0.4, 0.5) is 17.6 Å². The lowest BCUT2D eigenvalue weighted by molar-refractivity contribution is 0.0745. The largest absolute Gasteiger partial charge is 0.337 e. The smallest absolute Gasteiger partial charge is 0.257 e. The lowest BCUT2D eigenvalue weighted by Gasteiger charge is -2.34. The van der Waals surface area contributed by atoms with Crippen molar-refractivity contribution in [3.05, 3.63) is 66.2 Å². The van der Waals surface area contributed by atoms with Crippen LogP contribution in [0.15, 0.2) is 55.1 Å². The van der Waals surface area contributed by atoms with Gasteiger partial charge in [-0.2, -0.15) is 0 Å². The van der Waals surface area contributed by atoms with Gasteiger partial charge in [0.2, 0.25) is 11.9 Å². The number of hydrogen-bond donors (Lipinski definition) is 1. The minimum Gasteiger partial charge on any atom is -0.337 e. The van der Waals surface area contributed by atoms with Crippen LogP contribution in [-0.2, 0) is 0 Å². The molecule has 0 radical (unpaired) electrons. The highest BCUT2D eigenvalue weighted by Crippen LogP contribution is 2.17. The summed E-state index contributed by atoms with van der Waals surface area (Å²) in [5.74, 6) is 1.11. The second kappa shape index (κ2) is 7.99. The molecule has 0 spiro atoms. The van der Waals surface area contributed by atoms with E-state index >= 15 is 0 Å². The molecule has 0 atom stereocenters. The fourth-order valence-electron chi connectivity index (χ4n) is 3.08. The quantitative estimate of drug-likeness (QED) is 0.748. The first-order chi connectivity index (χ1) is 13.7. The molecule has 2 aromatic heterocycles. The molecule has 0 aliphatic carbocycles. The topological polar surface area (TPSA) is 87.1 Å². The van der Waals surface area contributed by atoms with E-state index in [9.17, 15) is 4.79 Å². The zero-order valence-electron chi connectivity index (χ0n) is 15.6. The zero-order valence-corrected chi connectivity index (χ0v) is 15.6. The Hall–Kier alpha value is -3.55. The molecule has 8 heteroatoms. The van der Waals surface area contributed by atoms with Gasteiger partial charge in [0.1, 0.15) is 0 Å². The second-order valence-corrected chi connectivity index (χ2v) is 6.56. The summed E-state index contributed by atoms with van der Waals surface area (Å²) in [6.45, 7) is 4.63. The number of carbonyl (C=O) groups is 1. The Labute approximate surface area is 163 Å². The predicted molar refractivity (Wildman–Crippen MR) is 107 cm³/mol. The average molecular weight is 375 g/mol. The molecule has 1 aromatic carbocycles. The van der Waals surface area contributed by atoms with Crippen LogP contribution in [0.2, 0.25) is 0 Å². The minimum atomic E-state index is -0.0592. The monoisotopic (exact) mass is 375 g/mol. The molecule has 142 valence electrons. The summed E-state index contributed by atoms with van der Waals surface area (Å²) in [4.78, 5) is 33.8. The fourth-order valence-corrected chi connectivity index (χ4v) is 3.08. The van der Waals surface area contributed by atoms with Gasteiger partial charge in [-0.05, 0) is 24.6 Å². The van der Waals surface area contributed by atoms with Gasteiger partial charge in [0.15, 0.2) is 0 Å². The van der Waals surface area contributed by atoms with Gasteiger partial charge < -0.3 is 15.1 Å². The first-order valence-corrected chi connectivity index (χ1v) is 9.16. The Morgan fingerprint density at radius 3 is 2.29 bits per heavy atom. The molecule has 3 aromatic rings. The molecule has 1 amide bonds. The van der Waals surface area contributed by atoms with Crippen LogP contribution in [0.1, 0.15) is 15.9 Å². The number of carbonyl (C=O) groups excluding carboxylic acids is 1. The second-order valence-electron chi connectivity index (χ2n) is 6.56. The van der Waals surface area contributed by atoms with Crippen LogP contribution in [-0.4, -0.2) is 56.9 Å². The summed E-state index contributed by atoms with van der Waals surface area (Å²) in [6.07, 6.45) is 6.60. The summed E-state index contributed by atoms with van der Waals surface area (Å²) in [5.41, 5.74) is 2.53. The van der Waals surface area contributed by atoms with Crippen molar-refractivity contribution in [2.75, 3.05) is 36.4 Å². The Bertz CT molecular complexity index is 938. The maximum atomic E-state index is 12.7. The predicted octanol–water partition coefficient (Wildman–Crippen LogP) is 2.28. The normalized spacial score (nSPS) is 14.0. The highest BCUT2D eigenvalue weighted by molar-refractivity contribution is 5.93. The summed E-state index contributed by atoms with van der Waals surface area (Å²) < 4.78 is 0. The summed E-state index contributed by atoms with van der Waals surface area (Å²) in [6, 6.07) is 9.70. The number of piperazine rings is 1. The van der Waals surface area contributed by atoms with Gasteiger partial charge in [0, 0.05) is 56.7 Å². The van der Waals surface area contributed by atoms with Gasteiger partial charge in [-0.25, -0.2) is 19.9 Å². The number of hydrogen-bond acceptors (Lipinski definition) is 7. The van der Waals surface area contributed by atoms with Gasteiger partial charge in [0.05, 0.1) is 5.56 Å². The van der Waals surface area contributed by atoms with E-state index in [1.54, 1.807) is 30.9 Å². The standard InChI is InChI=1S/C20H21N7O/c1-15-5-2-3-6-17(15)25-19-23-13-16(14-24-19)18(28)26-9-11-27(12-10-26)20-21-7-4-8-22-20/h2-8,13-14H,9-12H2,1H3,(H,23,24,25). The zero-order chi connectivity index (χ0) is 19.3. The van der Waals surface area contributed by atoms with Crippen molar-refractivity contribution in [1.29, 1.82) is 0 Å². The molecular formula is C20H21N7O. The Morgan fingerprint density at radius 2 is 1.61 bits per heavy atom. The van der Waals surface area contributed by atoms with Crippen molar-refractivity contribution in [3.63, 3.8) is 0 Å². The molecule has 0 saturated carbocycles. The first-order valence-electron chi connectivity index (χ1n) is 9.16. The van der Waals surface area contributed by atoms with Gasteiger partial charge in [-0.3, -0.25) is 4.79 Å². The SMILES string of the molecule is Cc1ccccc1Nc1ncc(C(=O)N2CCN(c3ncccn3)CC2)cn1. The molecule has 8 nitrogen and oxygen atoms in total. The minimum absolute atomic E-state index is 0.0592. The third-order valence-electron chi connectivity index (χ3n) is 4.69. The maximum Gasteiger partial charge on any atom is 0.257 e. The van der Waals surface area contributed by atoms with Crippen molar-refractivity contribution in [1.82, 2.24) is 24.8 Å². The number of aryl methyl sites for hydroxylation is 1. The van der Waals surface area contributed by atoms with E-state index in [1.165, 1.54) is 0 Å². The lowest BCUT2D eigenvalue weighted by atomic mass is 10.2. The maximum absolute atomic E-state index is 12.7. The van der Waals surface area contributed by atoms with Crippen LogP contribution in [0.5, 0.6) is 0 Å². The number of aromatic nitrogens is 4. The highest BCUT2D eigenvalue weighted by Gasteiger charge is 2.23. The molecule has 1 aliphatic heterocycles. The van der Waals surface area contributed by atoms with E-state index in [4.69, 9.17) is 0 Å². The van der Waals surface area contributed by atoms with Crippen molar-refractivity contribution < 1.29 is 4.79 Å². The van der Waals surface area contributed by atoms with Gasteiger partial charge in [-0.15, -0.1) is 0 Å². The van der Waals surface area contributed by atoms with E-state index < -0.39 is 0 Å². The van der Waals surface area contributed by atoms with Gasteiger partial charge >= 0.3 is 0 Å². The molecule has 1 N–H and O–H groups in total. The van der Waals surface area contributed by atoms with Gasteiger partial charge in [0.25, 0.3) is 5.91 Å². The Kier molecular flexibility index (Phi) is 5.09. The van der Waals surface area contributed by atoms with Crippen molar-refractivity contribution in [2.24, 2.45) is 0 Å². The number of benzene rings is 1. The summed E-state index contributed by atoms with van der Waals surface area (Å²) >= 11 is 0. The average Bonchev–Trinajstić information content (AvgIpc) is 2.76. The number of anilines is 3. The van der Waals surface area contributed by atoms with E-state index in [-0.39, 0.29) is 5.91 Å². The molecule has 1 aliphatic rings. The first kappa shape index (κ1) is 17.8. The molecule has 28 heavy (non-hydrogen) atoms. The van der Waals surface area contributed by atoms with Gasteiger partial charge in [-0.1, -0.05) is 18.2 Å². The fraction of sp³-hybridized carbons (Fsp3) is 0.250. The molecule has 1 saturated heterocycles. The Morgan fingerprint density at radius 1 is 0.929 bits per heavy atom. The van der Waals surface area contributed by atoms with Crippen molar-refractivity contribution in [2.45, 2.75) is 6.92 Å². The molecule has 3 heterocycles. The molecule has 0 unspecified atom stereocenters. The molecule has 4 rings (SSSR count). The Balaban J connectivity index is 1.37. The molecule has 0 bridgehead atoms. The van der Waals surface area contributed by atoms with Crippen LogP contribution in [0, 0.1) is 6.92 Å². The van der Waals surface area contributed by atoms with Crippen LogP contribution in [0.3, 0.4) is 0 Å². The number of para-hydroxylation sites is 1. The number of nitrogens with one attached hydrogen (secondary N) is 1. The van der Waals surface area contributed by atoms with Crippen molar-refractivity contribution >= 4 is 23.5 Å². The van der Waals surface area contributed by atoms with Crippen LogP contribution >= 0.6 is 0 Å². The van der Waals surface area contributed by atoms with E-state index in [0.717, 1.165) is 11.3 Å². The highest BCUT2D eigenvalue weighted by atomic mass is 16.2. The van der Waals surface area contributed by atoms with E-state index in [2.05, 4.69) is 30.2 Å². The molecular weight excluding hydrogens is 354 g/mol. The number of rotatable bonds is 4. The number of amides is 1. The third kappa shape index (κ3) is 3.90. The molecule has 1 fully saturated rings. The summed E-state index contributed by atoms with van der Waals surface area (Å²) in [5, 5.41) is 3.17. The van der Waals surface area contributed by atoms with Crippen molar-refractivity contribution in [3.8, 4) is 0 Å². The number of nitrogens with zero attached hydrogens (tertiary/aromatic N) is 6. The van der Waals surface area contributed by atoms with E-state index in [0.29, 0.717) is 43.6 Å². The lowest BCUT2D eigenvalue weighted by Crippen LogP contribution is -2.49. The third-order valence-corrected chi connectivity index (χ3v) is 4.69. The van der Waals surface area contributed by atoms with E-state index in [1.807, 2.05) is 36.1 Å². The van der Waals surface area contributed by atoms with Crippen LogP contribution in [0.25, 0.3) is 0 Å². The summed E-state index contributed by atoms with van der Waals surface area (Å²) in [7, 11) is 0.